The standard InChI is InChI=1S/C48H76N2O6/c1-12-35-20-23-47(9)37-21-24-48(40(52)30-50(26-25-49(10)11)29-34-15-13-32(4)14-16-34)27-38(51)42(31(2)3)43(48)36(37)17-18-39(47)46(35,8)22-19-33(5)56-41(53)28-45(6,7)44(54)55/h13-16,31,33,35-37,39-40,52H,12,17-30H2,1-11H3,(H,54,55). The smallest absolute Gasteiger partial charge is 0.309 e. The summed E-state index contributed by atoms with van der Waals surface area (Å²) in [7, 11) is 4.20. The number of hydrogen-bond acceptors (Lipinski definition) is 7. The molecule has 314 valence electrons. The first-order chi connectivity index (χ1) is 26.2. The average molecular weight is 777 g/mol. The molecular formula is C48H76N2O6. The number of hydrogen-bond donors (Lipinski definition) is 2. The number of carboxylic acids is 1. The minimum Gasteiger partial charge on any atom is -0.481 e. The highest BCUT2D eigenvalue weighted by molar-refractivity contribution is 6.00. The topological polar surface area (TPSA) is 107 Å². The van der Waals surface area contributed by atoms with Crippen LogP contribution in [0.25, 0.3) is 0 Å². The minimum absolute atomic E-state index is 0.0748. The third kappa shape index (κ3) is 8.88. The van der Waals surface area contributed by atoms with Crippen molar-refractivity contribution in [3.05, 3.63) is 46.5 Å². The van der Waals surface area contributed by atoms with Crippen LogP contribution in [0.5, 0.6) is 0 Å². The lowest BCUT2D eigenvalue weighted by atomic mass is 9.39. The predicted molar refractivity (Wildman–Crippen MR) is 224 cm³/mol. The highest BCUT2D eigenvalue weighted by Crippen LogP contribution is 2.71. The van der Waals surface area contributed by atoms with Crippen LogP contribution in [0.15, 0.2) is 35.4 Å². The largest absolute Gasteiger partial charge is 0.481 e. The fourth-order valence-corrected chi connectivity index (χ4v) is 12.5. The van der Waals surface area contributed by atoms with Crippen molar-refractivity contribution in [3.63, 3.8) is 0 Å². The average Bonchev–Trinajstić information content (AvgIpc) is 3.44. The summed E-state index contributed by atoms with van der Waals surface area (Å²) in [6, 6.07) is 8.73. The van der Waals surface area contributed by atoms with Gasteiger partial charge in [-0.2, -0.15) is 0 Å². The fourth-order valence-electron chi connectivity index (χ4n) is 12.5. The van der Waals surface area contributed by atoms with Gasteiger partial charge in [0.1, 0.15) is 0 Å². The van der Waals surface area contributed by atoms with Gasteiger partial charge in [-0.1, -0.05) is 76.4 Å². The number of aryl methyl sites for hydroxylation is 1. The number of carbonyl (C=O) groups excluding carboxylic acids is 2. The zero-order valence-corrected chi connectivity index (χ0v) is 36.9. The van der Waals surface area contributed by atoms with Gasteiger partial charge in [0.05, 0.1) is 24.0 Å². The van der Waals surface area contributed by atoms with Gasteiger partial charge >= 0.3 is 11.9 Å². The number of allylic oxidation sites excluding steroid dienone is 1. The number of nitrogens with zero attached hydrogens (tertiary/aromatic N) is 2. The molecule has 1 aromatic carbocycles. The number of Topliss-reactive ketones (excluding diaryl/α,β-unsaturated/α-hetero) is 1. The molecule has 0 aromatic heterocycles. The Morgan fingerprint density at radius 2 is 1.68 bits per heavy atom. The first-order valence-electron chi connectivity index (χ1n) is 22.0. The number of aliphatic hydroxyl groups excluding tert-OH is 1. The van der Waals surface area contributed by atoms with E-state index >= 15 is 0 Å². The second-order valence-electron chi connectivity index (χ2n) is 20.5. The van der Waals surface area contributed by atoms with Gasteiger partial charge < -0.3 is 19.8 Å². The zero-order valence-electron chi connectivity index (χ0n) is 36.9. The van der Waals surface area contributed by atoms with Gasteiger partial charge in [0.2, 0.25) is 0 Å². The summed E-state index contributed by atoms with van der Waals surface area (Å²) < 4.78 is 5.84. The second kappa shape index (κ2) is 17.4. The Kier molecular flexibility index (Phi) is 13.8. The fraction of sp³-hybridized carbons (Fsp3) is 0.771. The lowest BCUT2D eigenvalue weighted by molar-refractivity contribution is -0.162. The molecule has 0 bridgehead atoms. The van der Waals surface area contributed by atoms with Gasteiger partial charge in [-0.3, -0.25) is 19.3 Å². The molecule has 2 N–H and O–H groups in total. The SMILES string of the molecule is CCC1CCC2(C)C3CCC4(C(O)CN(CCN(C)C)Cc5ccc(C)cc5)CC(=O)C(C(C)C)=C4C3CCC2C1(C)CCC(C)OC(=O)CC(C)(C)C(=O)O. The molecule has 0 aliphatic heterocycles. The number of benzene rings is 1. The van der Waals surface area contributed by atoms with Gasteiger partial charge in [0.15, 0.2) is 5.78 Å². The van der Waals surface area contributed by atoms with Crippen molar-refractivity contribution < 1.29 is 29.3 Å². The van der Waals surface area contributed by atoms with Crippen LogP contribution in [0, 0.1) is 58.2 Å². The molecule has 9 atom stereocenters. The van der Waals surface area contributed by atoms with E-state index in [0.717, 1.165) is 70.2 Å². The maximum atomic E-state index is 14.2. The van der Waals surface area contributed by atoms with Gasteiger partial charge in [0.25, 0.3) is 0 Å². The molecule has 0 saturated heterocycles. The minimum atomic E-state index is -1.16. The first-order valence-corrected chi connectivity index (χ1v) is 22.0. The van der Waals surface area contributed by atoms with Crippen LogP contribution in [0.1, 0.15) is 137 Å². The van der Waals surface area contributed by atoms with Crippen molar-refractivity contribution in [2.75, 3.05) is 33.7 Å². The van der Waals surface area contributed by atoms with Crippen molar-refractivity contribution in [1.29, 1.82) is 0 Å². The van der Waals surface area contributed by atoms with E-state index in [4.69, 9.17) is 4.74 Å². The van der Waals surface area contributed by atoms with E-state index in [9.17, 15) is 24.6 Å². The Morgan fingerprint density at radius 3 is 2.29 bits per heavy atom. The molecule has 4 aliphatic rings. The van der Waals surface area contributed by atoms with Crippen LogP contribution >= 0.6 is 0 Å². The van der Waals surface area contributed by atoms with Crippen molar-refractivity contribution in [3.8, 4) is 0 Å². The van der Waals surface area contributed by atoms with E-state index < -0.39 is 28.9 Å². The van der Waals surface area contributed by atoms with Crippen molar-refractivity contribution >= 4 is 17.7 Å². The molecule has 0 spiro atoms. The van der Waals surface area contributed by atoms with Gasteiger partial charge in [-0.15, -0.1) is 0 Å². The van der Waals surface area contributed by atoms with Crippen molar-refractivity contribution in [1.82, 2.24) is 9.80 Å². The summed E-state index contributed by atoms with van der Waals surface area (Å²) in [6.45, 7) is 22.0. The number of carbonyl (C=O) groups is 3. The number of carboxylic acid groups (broad SMARTS) is 1. The first kappa shape index (κ1) is 44.6. The summed E-state index contributed by atoms with van der Waals surface area (Å²) >= 11 is 0. The number of ketones is 1. The van der Waals surface area contributed by atoms with Gasteiger partial charge in [-0.05, 0) is 145 Å². The Morgan fingerprint density at radius 1 is 1.00 bits per heavy atom. The Balaban J connectivity index is 1.40. The summed E-state index contributed by atoms with van der Waals surface area (Å²) in [5.41, 5.74) is 3.35. The Hall–Kier alpha value is -2.55. The molecule has 0 amide bonds. The Labute approximate surface area is 339 Å². The van der Waals surface area contributed by atoms with Gasteiger partial charge in [0, 0.05) is 38.0 Å². The van der Waals surface area contributed by atoms with Gasteiger partial charge in [-0.25, -0.2) is 0 Å². The quantitative estimate of drug-likeness (QED) is 0.151. The van der Waals surface area contributed by atoms with E-state index in [1.165, 1.54) is 29.5 Å². The molecule has 8 nitrogen and oxygen atoms in total. The highest BCUT2D eigenvalue weighted by atomic mass is 16.5. The summed E-state index contributed by atoms with van der Waals surface area (Å²) in [6.07, 6.45) is 8.63. The molecule has 4 aliphatic carbocycles. The normalized spacial score (nSPS) is 31.7. The monoisotopic (exact) mass is 777 g/mol. The molecule has 8 heteroatoms. The molecule has 0 radical (unpaired) electrons. The van der Waals surface area contributed by atoms with Crippen molar-refractivity contribution in [2.45, 2.75) is 152 Å². The summed E-state index contributed by atoms with van der Waals surface area (Å²) in [5.74, 6) is 0.795. The van der Waals surface area contributed by atoms with E-state index in [0.29, 0.717) is 36.6 Å². The number of ether oxygens (including phenoxy) is 1. The van der Waals surface area contributed by atoms with Crippen LogP contribution in [-0.4, -0.2) is 83.7 Å². The molecule has 9 unspecified atom stereocenters. The van der Waals surface area contributed by atoms with Crippen LogP contribution in [0.4, 0.5) is 0 Å². The lowest BCUT2D eigenvalue weighted by Crippen LogP contribution is -2.59. The molecule has 56 heavy (non-hydrogen) atoms. The predicted octanol–water partition coefficient (Wildman–Crippen LogP) is 9.11. The number of rotatable bonds is 17. The van der Waals surface area contributed by atoms with E-state index in [1.54, 1.807) is 13.8 Å². The molecule has 1 aromatic rings. The van der Waals surface area contributed by atoms with E-state index in [1.807, 2.05) is 6.92 Å². The third-order valence-corrected chi connectivity index (χ3v) is 15.6. The summed E-state index contributed by atoms with van der Waals surface area (Å²) in [4.78, 5) is 43.3. The Bertz CT molecular complexity index is 1600. The highest BCUT2D eigenvalue weighted by Gasteiger charge is 2.64. The maximum absolute atomic E-state index is 14.2. The molecule has 3 fully saturated rings. The molecule has 5 rings (SSSR count). The molecule has 0 heterocycles. The van der Waals surface area contributed by atoms with Crippen molar-refractivity contribution in [2.24, 2.45) is 51.2 Å². The number of aliphatic carboxylic acids is 1. The second-order valence-corrected chi connectivity index (χ2v) is 20.5. The van der Waals surface area contributed by atoms with Crippen LogP contribution in [-0.2, 0) is 25.7 Å². The van der Waals surface area contributed by atoms with E-state index in [-0.39, 0.29) is 35.1 Å². The number of esters is 1. The van der Waals surface area contributed by atoms with Crippen LogP contribution in [0.3, 0.4) is 0 Å². The van der Waals surface area contributed by atoms with Crippen LogP contribution < -0.4 is 0 Å². The maximum Gasteiger partial charge on any atom is 0.309 e. The number of aliphatic hydroxyl groups is 1. The number of fused-ring (bicyclic) bond motifs is 5. The zero-order chi connectivity index (χ0) is 41.4. The lowest BCUT2D eigenvalue weighted by Gasteiger charge is -2.65. The van der Waals surface area contributed by atoms with Crippen LogP contribution in [0.2, 0.25) is 0 Å². The number of likely N-dealkylation sites (N-methyl/N-ethyl adjacent to an activating group) is 1. The molecular weight excluding hydrogens is 701 g/mol. The summed E-state index contributed by atoms with van der Waals surface area (Å²) in [5, 5.41) is 22.1. The third-order valence-electron chi connectivity index (χ3n) is 15.6. The van der Waals surface area contributed by atoms with E-state index in [2.05, 4.69) is 89.7 Å². The molecule has 3 saturated carbocycles.